The maximum atomic E-state index is 11.8. The summed E-state index contributed by atoms with van der Waals surface area (Å²) in [6.07, 6.45) is -4.32. The molecule has 0 saturated carbocycles. The van der Waals surface area contributed by atoms with E-state index < -0.39 is 12.2 Å². The van der Waals surface area contributed by atoms with E-state index in [-0.39, 0.29) is 5.06 Å². The Morgan fingerprint density at radius 1 is 1.22 bits per heavy atom. The van der Waals surface area contributed by atoms with Crippen LogP contribution in [0.25, 0.3) is 0 Å². The van der Waals surface area contributed by atoms with Crippen LogP contribution in [0.15, 0.2) is 0 Å². The van der Waals surface area contributed by atoms with Crippen LogP contribution in [-0.4, -0.2) is 24.3 Å². The summed E-state index contributed by atoms with van der Waals surface area (Å²) >= 11 is 0. The molecule has 0 N–H and O–H groups in total. The number of hydrogen-bond acceptors (Lipinski definition) is 2. The fraction of sp³-hybridized carbons (Fsp3) is 1.00. The van der Waals surface area contributed by atoms with E-state index in [1.54, 1.807) is 0 Å². The summed E-state index contributed by atoms with van der Waals surface area (Å²) in [6.45, 7) is 0. The van der Waals surface area contributed by atoms with E-state index in [4.69, 9.17) is 0 Å². The zero-order chi connectivity index (χ0) is 7.28. The van der Waals surface area contributed by atoms with Gasteiger partial charge < -0.3 is 0 Å². The zero-order valence-corrected chi connectivity index (χ0v) is 4.37. The van der Waals surface area contributed by atoms with Crippen LogP contribution in [0, 0.1) is 0 Å². The molecule has 0 aromatic carbocycles. The molecule has 6 heteroatoms. The van der Waals surface area contributed by atoms with Crippen molar-refractivity contribution in [2.75, 3.05) is 7.05 Å². The first-order chi connectivity index (χ1) is 3.88. The highest BCUT2D eigenvalue weighted by Gasteiger charge is 2.72. The van der Waals surface area contributed by atoms with Gasteiger partial charge >= 0.3 is 12.2 Å². The van der Waals surface area contributed by atoms with Gasteiger partial charge in [-0.05, 0) is 0 Å². The number of alkyl halides is 4. The van der Waals surface area contributed by atoms with Crippen molar-refractivity contribution in [3.05, 3.63) is 0 Å². The number of likely N-dealkylation sites (N-methyl/N-ethyl adjacent to an activating group) is 1. The van der Waals surface area contributed by atoms with Crippen LogP contribution in [0.1, 0.15) is 0 Å². The summed E-state index contributed by atoms with van der Waals surface area (Å²) in [5.74, 6) is 0. The molecular formula is C3H3F4NO. The third kappa shape index (κ3) is 0.630. The maximum absolute atomic E-state index is 11.8. The molecule has 0 atom stereocenters. The Bertz CT molecular complexity index is 136. The summed E-state index contributed by atoms with van der Waals surface area (Å²) in [4.78, 5) is 3.29. The van der Waals surface area contributed by atoms with Crippen LogP contribution in [-0.2, 0) is 4.84 Å². The maximum Gasteiger partial charge on any atom is 0.453 e. The van der Waals surface area contributed by atoms with Crippen molar-refractivity contribution in [1.82, 2.24) is 5.06 Å². The number of nitrogens with zero attached hydrogens (tertiary/aromatic N) is 1. The lowest BCUT2D eigenvalue weighted by molar-refractivity contribution is -0.585. The molecule has 0 unspecified atom stereocenters. The van der Waals surface area contributed by atoms with Crippen molar-refractivity contribution in [2.24, 2.45) is 0 Å². The van der Waals surface area contributed by atoms with Gasteiger partial charge in [-0.2, -0.15) is 17.6 Å². The molecule has 0 spiro atoms. The molecule has 1 aliphatic rings. The van der Waals surface area contributed by atoms with Crippen molar-refractivity contribution >= 4 is 0 Å². The average Bonchev–Trinajstić information content (AvgIpc) is 1.65. The molecule has 1 saturated heterocycles. The monoisotopic (exact) mass is 145 g/mol. The second-order valence-corrected chi connectivity index (χ2v) is 1.65. The topological polar surface area (TPSA) is 12.5 Å². The van der Waals surface area contributed by atoms with Gasteiger partial charge in [-0.3, -0.25) is 0 Å². The smallest absolute Gasteiger partial charge is 0.218 e. The molecule has 0 radical (unpaired) electrons. The minimum absolute atomic E-state index is 0.188. The van der Waals surface area contributed by atoms with Crippen molar-refractivity contribution in [1.29, 1.82) is 0 Å². The van der Waals surface area contributed by atoms with Crippen molar-refractivity contribution < 1.29 is 22.4 Å². The predicted octanol–water partition coefficient (Wildman–Crippen LogP) is 1.05. The van der Waals surface area contributed by atoms with E-state index >= 15 is 0 Å². The van der Waals surface area contributed by atoms with Gasteiger partial charge in [0.2, 0.25) is 0 Å². The van der Waals surface area contributed by atoms with Gasteiger partial charge in [-0.25, -0.2) is 4.84 Å². The molecule has 54 valence electrons. The largest absolute Gasteiger partial charge is 0.453 e. The molecule has 9 heavy (non-hydrogen) atoms. The Labute approximate surface area is 48.0 Å². The Morgan fingerprint density at radius 2 is 1.67 bits per heavy atom. The van der Waals surface area contributed by atoms with Crippen LogP contribution >= 0.6 is 0 Å². The van der Waals surface area contributed by atoms with E-state index in [0.717, 1.165) is 7.05 Å². The summed E-state index contributed by atoms with van der Waals surface area (Å²) in [5.41, 5.74) is 0. The quantitative estimate of drug-likeness (QED) is 0.373. The van der Waals surface area contributed by atoms with E-state index in [1.807, 2.05) is 0 Å². The summed E-state index contributed by atoms with van der Waals surface area (Å²) in [7, 11) is 0.734. The van der Waals surface area contributed by atoms with E-state index in [9.17, 15) is 17.6 Å². The highest BCUT2D eigenvalue weighted by Crippen LogP contribution is 2.46. The van der Waals surface area contributed by atoms with Gasteiger partial charge in [0.1, 0.15) is 0 Å². The first-order valence-corrected chi connectivity index (χ1v) is 2.06. The van der Waals surface area contributed by atoms with Crippen LogP contribution < -0.4 is 0 Å². The molecule has 0 aliphatic carbocycles. The fourth-order valence-electron chi connectivity index (χ4n) is 0.428. The van der Waals surface area contributed by atoms with Crippen LogP contribution in [0.4, 0.5) is 17.6 Å². The lowest BCUT2D eigenvalue weighted by atomic mass is 10.4. The molecule has 1 rings (SSSR count). The summed E-state index contributed by atoms with van der Waals surface area (Å²) < 4.78 is 46.6. The Balaban J connectivity index is 2.70. The van der Waals surface area contributed by atoms with E-state index in [1.165, 1.54) is 0 Å². The highest BCUT2D eigenvalue weighted by molar-refractivity contribution is 4.79. The molecule has 0 bridgehead atoms. The van der Waals surface area contributed by atoms with E-state index in [2.05, 4.69) is 4.84 Å². The first-order valence-electron chi connectivity index (χ1n) is 2.06. The molecular weight excluding hydrogens is 142 g/mol. The predicted molar refractivity (Wildman–Crippen MR) is 18.7 cm³/mol. The van der Waals surface area contributed by atoms with Gasteiger partial charge in [0.05, 0.1) is 0 Å². The number of hydrogen-bond donors (Lipinski definition) is 0. The summed E-state index contributed by atoms with van der Waals surface area (Å²) in [5, 5.41) is -0.188. The second kappa shape index (κ2) is 1.38. The van der Waals surface area contributed by atoms with Gasteiger partial charge in [-0.15, -0.1) is 5.06 Å². The standard InChI is InChI=1S/C3H3F4NO/c1-8-2(4,5)3(6,7)9-8/h1H3. The van der Waals surface area contributed by atoms with Crippen LogP contribution in [0.5, 0.6) is 0 Å². The van der Waals surface area contributed by atoms with Crippen molar-refractivity contribution in [3.63, 3.8) is 0 Å². The fourth-order valence-corrected chi connectivity index (χ4v) is 0.428. The number of halogens is 4. The average molecular weight is 145 g/mol. The zero-order valence-electron chi connectivity index (χ0n) is 4.37. The molecule has 1 fully saturated rings. The minimum atomic E-state index is -4.32. The Morgan fingerprint density at radius 3 is 1.67 bits per heavy atom. The number of rotatable bonds is 0. The van der Waals surface area contributed by atoms with Gasteiger partial charge in [0, 0.05) is 7.05 Å². The molecule has 1 heterocycles. The van der Waals surface area contributed by atoms with Crippen LogP contribution in [0.3, 0.4) is 0 Å². The van der Waals surface area contributed by atoms with Crippen LogP contribution in [0.2, 0.25) is 0 Å². The normalized spacial score (nSPS) is 31.7. The van der Waals surface area contributed by atoms with Gasteiger partial charge in [0.15, 0.2) is 0 Å². The van der Waals surface area contributed by atoms with Crippen molar-refractivity contribution in [3.8, 4) is 0 Å². The SMILES string of the molecule is CN1OC(F)(F)C1(F)F. The molecule has 0 aromatic rings. The number of hydroxylamine groups is 2. The molecule has 1 aliphatic heterocycles. The third-order valence-corrected chi connectivity index (χ3v) is 0.997. The molecule has 0 aromatic heterocycles. The van der Waals surface area contributed by atoms with Gasteiger partial charge in [-0.1, -0.05) is 0 Å². The molecule has 2 nitrogen and oxygen atoms in total. The Kier molecular flexibility index (Phi) is 1.03. The third-order valence-electron chi connectivity index (χ3n) is 0.997. The minimum Gasteiger partial charge on any atom is -0.218 e. The second-order valence-electron chi connectivity index (χ2n) is 1.65. The van der Waals surface area contributed by atoms with Crippen molar-refractivity contribution in [2.45, 2.75) is 12.2 Å². The summed E-state index contributed by atoms with van der Waals surface area (Å²) in [6, 6.07) is -4.15. The van der Waals surface area contributed by atoms with E-state index in [0.29, 0.717) is 0 Å². The first kappa shape index (κ1) is 6.76. The molecule has 0 amide bonds. The Hall–Kier alpha value is -0.360. The highest BCUT2D eigenvalue weighted by atomic mass is 19.3. The lowest BCUT2D eigenvalue weighted by Gasteiger charge is -2.42. The lowest BCUT2D eigenvalue weighted by Crippen LogP contribution is -2.66. The van der Waals surface area contributed by atoms with Gasteiger partial charge in [0.25, 0.3) is 0 Å².